The number of rotatable bonds is 8. The number of fused-ring (bicyclic) bond motifs is 1. The Balaban J connectivity index is 1.38. The van der Waals surface area contributed by atoms with E-state index in [1.54, 1.807) is 25.3 Å². The van der Waals surface area contributed by atoms with Crippen molar-refractivity contribution in [3.8, 4) is 23.1 Å². The summed E-state index contributed by atoms with van der Waals surface area (Å²) < 4.78 is 26.4. The summed E-state index contributed by atoms with van der Waals surface area (Å²) >= 11 is 0. The molecule has 4 aromatic rings. The van der Waals surface area contributed by atoms with Gasteiger partial charge in [-0.05, 0) is 54.8 Å². The van der Waals surface area contributed by atoms with E-state index < -0.39 is 5.82 Å². The molecule has 1 aliphatic carbocycles. The fraction of sp³-hybridized carbons (Fsp3) is 0.172. The fourth-order valence-corrected chi connectivity index (χ4v) is 4.50. The van der Waals surface area contributed by atoms with Crippen LogP contribution >= 0.6 is 0 Å². The molecule has 0 radical (unpaired) electrons. The number of para-hydroxylation sites is 1. The second-order valence-electron chi connectivity index (χ2n) is 9.11. The molecule has 2 N–H and O–H groups in total. The molecule has 0 fully saturated rings. The number of aryl methyl sites for hydroxylation is 1. The van der Waals surface area contributed by atoms with Gasteiger partial charge in [-0.1, -0.05) is 18.2 Å². The minimum Gasteiger partial charge on any atom is -0.496 e. The van der Waals surface area contributed by atoms with E-state index in [0.29, 0.717) is 23.4 Å². The molecule has 5 rings (SSSR count). The molecule has 8 nitrogen and oxygen atoms in total. The quantitative estimate of drug-likeness (QED) is 0.329. The predicted octanol–water partition coefficient (Wildman–Crippen LogP) is 5.05. The molecule has 0 atom stereocenters. The highest BCUT2D eigenvalue weighted by molar-refractivity contribution is 6.15. The Kier molecular flexibility index (Phi) is 6.50. The Bertz CT molecular complexity index is 1620. The number of anilines is 1. The predicted molar refractivity (Wildman–Crippen MR) is 140 cm³/mol. The first-order valence-corrected chi connectivity index (χ1v) is 11.9. The summed E-state index contributed by atoms with van der Waals surface area (Å²) in [5, 5.41) is 4.34. The molecular weight excluding hydrogens is 487 g/mol. The number of ketones is 2. The number of carbonyl (C=O) groups is 2. The summed E-state index contributed by atoms with van der Waals surface area (Å²) in [4.78, 5) is 29.3. The van der Waals surface area contributed by atoms with Gasteiger partial charge < -0.3 is 15.2 Å². The molecule has 0 saturated carbocycles. The van der Waals surface area contributed by atoms with Crippen molar-refractivity contribution in [3.63, 3.8) is 0 Å². The lowest BCUT2D eigenvalue weighted by atomic mass is 10.00. The van der Waals surface area contributed by atoms with Gasteiger partial charge in [-0.25, -0.2) is 14.1 Å². The molecule has 0 bridgehead atoms. The lowest BCUT2D eigenvalue weighted by Gasteiger charge is -2.11. The van der Waals surface area contributed by atoms with Crippen molar-refractivity contribution < 1.29 is 23.5 Å². The van der Waals surface area contributed by atoms with Crippen molar-refractivity contribution >= 4 is 23.5 Å². The van der Waals surface area contributed by atoms with Crippen molar-refractivity contribution in [2.24, 2.45) is 0 Å². The normalized spacial score (nSPS) is 12.2. The van der Waals surface area contributed by atoms with Crippen LogP contribution in [0.2, 0.25) is 0 Å². The number of halogens is 1. The van der Waals surface area contributed by atoms with Crippen LogP contribution in [0.4, 0.5) is 10.2 Å². The molecular formula is C29H25FN4O4. The van der Waals surface area contributed by atoms with Gasteiger partial charge in [-0.15, -0.1) is 0 Å². The zero-order valence-corrected chi connectivity index (χ0v) is 21.1. The molecule has 0 saturated heterocycles. The van der Waals surface area contributed by atoms with Gasteiger partial charge in [0.25, 0.3) is 0 Å². The number of nitrogen functional groups attached to an aromatic ring is 1. The average Bonchev–Trinajstić information content (AvgIpc) is 3.47. The molecule has 0 unspecified atom stereocenters. The lowest BCUT2D eigenvalue weighted by molar-refractivity contribution is -0.116. The zero-order chi connectivity index (χ0) is 27.0. The Morgan fingerprint density at radius 3 is 2.63 bits per heavy atom. The number of hydrogen-bond acceptors (Lipinski definition) is 7. The molecule has 0 aliphatic heterocycles. The topological polar surface area (TPSA) is 109 Å². The SMILES string of the molecule is COc1cc2c(cc1CC(C)=O)CC(C(=O)c1cnn(-c3cnc(Oc4ccccc4F)cc3C)c1N)=C2. The van der Waals surface area contributed by atoms with Crippen LogP contribution in [-0.2, 0) is 17.6 Å². The third kappa shape index (κ3) is 4.66. The van der Waals surface area contributed by atoms with Crippen molar-refractivity contribution in [2.75, 3.05) is 12.8 Å². The molecule has 9 heteroatoms. The van der Waals surface area contributed by atoms with E-state index in [1.807, 2.05) is 25.1 Å². The van der Waals surface area contributed by atoms with Crippen molar-refractivity contribution in [2.45, 2.75) is 26.7 Å². The van der Waals surface area contributed by atoms with Crippen molar-refractivity contribution in [1.82, 2.24) is 14.8 Å². The van der Waals surface area contributed by atoms with E-state index >= 15 is 0 Å². The summed E-state index contributed by atoms with van der Waals surface area (Å²) in [6.45, 7) is 3.34. The third-order valence-electron chi connectivity index (χ3n) is 6.37. The lowest BCUT2D eigenvalue weighted by Crippen LogP contribution is -2.09. The largest absolute Gasteiger partial charge is 0.496 e. The van der Waals surface area contributed by atoms with Gasteiger partial charge in [0.1, 0.15) is 17.4 Å². The number of hydrogen-bond donors (Lipinski definition) is 1. The zero-order valence-electron chi connectivity index (χ0n) is 21.1. The Morgan fingerprint density at radius 2 is 1.92 bits per heavy atom. The number of methoxy groups -OCH3 is 1. The maximum absolute atomic E-state index is 13.9. The van der Waals surface area contributed by atoms with Gasteiger partial charge >= 0.3 is 0 Å². The number of benzene rings is 2. The summed E-state index contributed by atoms with van der Waals surface area (Å²) in [7, 11) is 1.56. The van der Waals surface area contributed by atoms with E-state index in [9.17, 15) is 14.0 Å². The van der Waals surface area contributed by atoms with E-state index in [0.717, 1.165) is 22.3 Å². The molecule has 192 valence electrons. The van der Waals surface area contributed by atoms with Gasteiger partial charge in [0.15, 0.2) is 17.3 Å². The van der Waals surface area contributed by atoms with E-state index in [2.05, 4.69) is 10.1 Å². The second-order valence-corrected chi connectivity index (χ2v) is 9.11. The number of aromatic nitrogens is 3. The van der Waals surface area contributed by atoms with Crippen LogP contribution in [0.3, 0.4) is 0 Å². The van der Waals surface area contributed by atoms with E-state index in [1.165, 1.54) is 36.1 Å². The van der Waals surface area contributed by atoms with E-state index in [4.69, 9.17) is 15.2 Å². The smallest absolute Gasteiger partial charge is 0.219 e. The van der Waals surface area contributed by atoms with Gasteiger partial charge in [0.2, 0.25) is 5.88 Å². The monoisotopic (exact) mass is 512 g/mol. The summed E-state index contributed by atoms with van der Waals surface area (Å²) in [6.07, 6.45) is 5.44. The Morgan fingerprint density at radius 1 is 1.13 bits per heavy atom. The number of nitrogens with two attached hydrogens (primary N) is 1. The molecule has 2 aromatic carbocycles. The number of ether oxygens (including phenoxy) is 2. The van der Waals surface area contributed by atoms with E-state index in [-0.39, 0.29) is 41.0 Å². The highest BCUT2D eigenvalue weighted by Crippen LogP contribution is 2.34. The first-order valence-electron chi connectivity index (χ1n) is 11.9. The molecule has 38 heavy (non-hydrogen) atoms. The molecule has 2 aromatic heterocycles. The first-order chi connectivity index (χ1) is 18.2. The molecule has 0 amide bonds. The number of carbonyl (C=O) groups excluding carboxylic acids is 2. The maximum Gasteiger partial charge on any atom is 0.219 e. The molecule has 0 spiro atoms. The molecule has 1 aliphatic rings. The van der Waals surface area contributed by atoms with Crippen molar-refractivity contribution in [1.29, 1.82) is 0 Å². The summed E-state index contributed by atoms with van der Waals surface area (Å²) in [6, 6.07) is 11.5. The van der Waals surface area contributed by atoms with Crippen LogP contribution < -0.4 is 15.2 Å². The maximum atomic E-state index is 13.9. The minimum absolute atomic E-state index is 0.0299. The number of Topliss-reactive ketones (excluding diaryl/α,β-unsaturated/α-hetero) is 2. The molecule has 2 heterocycles. The van der Waals surface area contributed by atoms with Crippen LogP contribution in [0.5, 0.6) is 17.4 Å². The van der Waals surface area contributed by atoms with Crippen LogP contribution in [0.1, 0.15) is 39.5 Å². The Labute approximate surface area is 218 Å². The summed E-state index contributed by atoms with van der Waals surface area (Å²) in [5.74, 6) is 0.371. The Hall–Kier alpha value is -4.79. The van der Waals surface area contributed by atoms with Crippen LogP contribution in [0.25, 0.3) is 11.8 Å². The third-order valence-corrected chi connectivity index (χ3v) is 6.37. The van der Waals surface area contributed by atoms with Crippen LogP contribution in [-0.4, -0.2) is 33.4 Å². The van der Waals surface area contributed by atoms with Gasteiger partial charge in [0.05, 0.1) is 30.8 Å². The first kappa shape index (κ1) is 24.9. The highest BCUT2D eigenvalue weighted by atomic mass is 19.1. The van der Waals surface area contributed by atoms with Gasteiger partial charge in [0, 0.05) is 30.0 Å². The fourth-order valence-electron chi connectivity index (χ4n) is 4.50. The van der Waals surface area contributed by atoms with Crippen LogP contribution in [0, 0.1) is 12.7 Å². The second kappa shape index (κ2) is 9.93. The van der Waals surface area contributed by atoms with Gasteiger partial charge in [-0.3, -0.25) is 9.59 Å². The van der Waals surface area contributed by atoms with Gasteiger partial charge in [-0.2, -0.15) is 5.10 Å². The van der Waals surface area contributed by atoms with Crippen LogP contribution in [0.15, 0.2) is 60.4 Å². The standard InChI is InChI=1S/C29H25FN4O4/c1-16-8-27(38-25-7-5-4-6-23(25)30)32-15-24(16)34-29(31)22(14-33-34)28(36)21-11-18-10-20(9-17(2)35)26(37-3)13-19(18)12-21/h4-8,10,12-15H,9,11,31H2,1-3H3. The minimum atomic E-state index is -0.493. The number of allylic oxidation sites excluding steroid dienone is 1. The number of nitrogens with zero attached hydrogens (tertiary/aromatic N) is 3. The average molecular weight is 513 g/mol. The highest BCUT2D eigenvalue weighted by Gasteiger charge is 2.26. The van der Waals surface area contributed by atoms with Crippen molar-refractivity contribution in [3.05, 3.63) is 94.1 Å². The summed E-state index contributed by atoms with van der Waals surface area (Å²) in [5.41, 5.74) is 11.1. The number of pyridine rings is 1.